The molecular weight excluding hydrogens is 354 g/mol. The van der Waals surface area contributed by atoms with Crippen LogP contribution >= 0.6 is 0 Å². The molecule has 0 atom stereocenters. The molecule has 0 aliphatic heterocycles. The van der Waals surface area contributed by atoms with Gasteiger partial charge in [0.2, 0.25) is 10.0 Å². The molecule has 6 nitrogen and oxygen atoms in total. The number of halogens is 2. The Morgan fingerprint density at radius 1 is 1.12 bits per heavy atom. The highest BCUT2D eigenvalue weighted by molar-refractivity contribution is 7.89. The van der Waals surface area contributed by atoms with E-state index in [0.29, 0.717) is 11.8 Å². The van der Waals surface area contributed by atoms with E-state index < -0.39 is 34.2 Å². The molecule has 2 aromatic rings. The predicted octanol–water partition coefficient (Wildman–Crippen LogP) is 2.23. The lowest BCUT2D eigenvalue weighted by molar-refractivity contribution is -0.118. The van der Waals surface area contributed by atoms with Gasteiger partial charge in [0, 0.05) is 25.8 Å². The number of amides is 1. The Hall–Kier alpha value is -2.52. The average Bonchev–Trinajstić information content (AvgIpc) is 2.54. The standard InChI is InChI=1S/C16H16F2N2O4S/c1-20(2)25(22,23)13-6-4-12(5-7-13)19-16(21)10-24-15-8-3-11(17)9-14(15)18/h3-9H,10H2,1-2H3,(H,19,21). The summed E-state index contributed by atoms with van der Waals surface area (Å²) < 4.78 is 56.1. The van der Waals surface area contributed by atoms with E-state index in [1.165, 1.54) is 38.4 Å². The van der Waals surface area contributed by atoms with Crippen molar-refractivity contribution < 1.29 is 26.7 Å². The smallest absolute Gasteiger partial charge is 0.262 e. The van der Waals surface area contributed by atoms with Crippen LogP contribution in [0.25, 0.3) is 0 Å². The third-order valence-corrected chi connectivity index (χ3v) is 5.00. The van der Waals surface area contributed by atoms with Gasteiger partial charge in [0.15, 0.2) is 18.2 Å². The summed E-state index contributed by atoms with van der Waals surface area (Å²) in [6.45, 7) is -0.486. The van der Waals surface area contributed by atoms with Gasteiger partial charge in [0.05, 0.1) is 4.90 Å². The van der Waals surface area contributed by atoms with Gasteiger partial charge in [-0.2, -0.15) is 0 Å². The Morgan fingerprint density at radius 3 is 2.32 bits per heavy atom. The lowest BCUT2D eigenvalue weighted by atomic mass is 10.3. The highest BCUT2D eigenvalue weighted by Gasteiger charge is 2.16. The normalized spacial score (nSPS) is 11.4. The lowest BCUT2D eigenvalue weighted by Crippen LogP contribution is -2.22. The Balaban J connectivity index is 1.97. The van der Waals surface area contributed by atoms with Crippen LogP contribution in [0.2, 0.25) is 0 Å². The van der Waals surface area contributed by atoms with Gasteiger partial charge >= 0.3 is 0 Å². The number of hydrogen-bond acceptors (Lipinski definition) is 4. The molecular formula is C16H16F2N2O4S. The van der Waals surface area contributed by atoms with Crippen LogP contribution in [0, 0.1) is 11.6 Å². The average molecular weight is 370 g/mol. The highest BCUT2D eigenvalue weighted by Crippen LogP contribution is 2.18. The minimum atomic E-state index is -3.55. The molecule has 1 N–H and O–H groups in total. The zero-order chi connectivity index (χ0) is 18.6. The second-order valence-electron chi connectivity index (χ2n) is 5.22. The summed E-state index contributed by atoms with van der Waals surface area (Å²) in [5.41, 5.74) is 0.353. The summed E-state index contributed by atoms with van der Waals surface area (Å²) in [5.74, 6) is -2.48. The van der Waals surface area contributed by atoms with Gasteiger partial charge < -0.3 is 10.1 Å². The van der Waals surface area contributed by atoms with E-state index >= 15 is 0 Å². The van der Waals surface area contributed by atoms with Crippen LogP contribution in [-0.4, -0.2) is 39.3 Å². The van der Waals surface area contributed by atoms with Gasteiger partial charge in [0.25, 0.3) is 5.91 Å². The molecule has 0 saturated heterocycles. The number of benzene rings is 2. The van der Waals surface area contributed by atoms with E-state index in [9.17, 15) is 22.0 Å². The highest BCUT2D eigenvalue weighted by atomic mass is 32.2. The van der Waals surface area contributed by atoms with Gasteiger partial charge in [-0.3, -0.25) is 4.79 Å². The Kier molecular flexibility index (Phi) is 5.70. The molecule has 25 heavy (non-hydrogen) atoms. The first-order valence-electron chi connectivity index (χ1n) is 7.10. The molecule has 1 amide bonds. The van der Waals surface area contributed by atoms with Crippen LogP contribution in [-0.2, 0) is 14.8 Å². The SMILES string of the molecule is CN(C)S(=O)(=O)c1ccc(NC(=O)COc2ccc(F)cc2F)cc1. The van der Waals surface area contributed by atoms with E-state index in [1.807, 2.05) is 0 Å². The summed E-state index contributed by atoms with van der Waals surface area (Å²) in [5, 5.41) is 2.48. The van der Waals surface area contributed by atoms with Gasteiger partial charge in [-0.1, -0.05) is 0 Å². The molecule has 0 saturated carbocycles. The number of anilines is 1. The number of hydrogen-bond donors (Lipinski definition) is 1. The fraction of sp³-hybridized carbons (Fsp3) is 0.188. The van der Waals surface area contributed by atoms with Crippen molar-refractivity contribution in [3.63, 3.8) is 0 Å². The zero-order valence-electron chi connectivity index (χ0n) is 13.5. The fourth-order valence-electron chi connectivity index (χ4n) is 1.85. The summed E-state index contributed by atoms with van der Waals surface area (Å²) in [7, 11) is -0.726. The van der Waals surface area contributed by atoms with Gasteiger partial charge in [-0.05, 0) is 36.4 Å². The molecule has 9 heteroatoms. The van der Waals surface area contributed by atoms with Crippen LogP contribution in [0.3, 0.4) is 0 Å². The summed E-state index contributed by atoms with van der Waals surface area (Å²) >= 11 is 0. The third-order valence-electron chi connectivity index (χ3n) is 3.17. The maximum Gasteiger partial charge on any atom is 0.262 e. The zero-order valence-corrected chi connectivity index (χ0v) is 14.3. The minimum Gasteiger partial charge on any atom is -0.481 e. The molecule has 0 radical (unpaired) electrons. The molecule has 2 rings (SSSR count). The molecule has 0 heterocycles. The van der Waals surface area contributed by atoms with E-state index in [2.05, 4.69) is 5.32 Å². The number of ether oxygens (including phenoxy) is 1. The van der Waals surface area contributed by atoms with Crippen molar-refractivity contribution in [1.82, 2.24) is 4.31 Å². The van der Waals surface area contributed by atoms with Crippen LogP contribution in [0.15, 0.2) is 47.4 Å². The molecule has 134 valence electrons. The van der Waals surface area contributed by atoms with Crippen LogP contribution in [0.1, 0.15) is 0 Å². The molecule has 0 aliphatic carbocycles. The Bertz CT molecular complexity index is 868. The summed E-state index contributed by atoms with van der Waals surface area (Å²) in [6.07, 6.45) is 0. The van der Waals surface area contributed by atoms with Crippen molar-refractivity contribution in [2.45, 2.75) is 4.90 Å². The summed E-state index contributed by atoms with van der Waals surface area (Å²) in [6, 6.07) is 8.30. The van der Waals surface area contributed by atoms with Crippen LogP contribution < -0.4 is 10.1 Å². The first kappa shape index (κ1) is 18.8. The first-order valence-corrected chi connectivity index (χ1v) is 8.54. The van der Waals surface area contributed by atoms with E-state index in [4.69, 9.17) is 4.74 Å². The third kappa shape index (κ3) is 4.74. The van der Waals surface area contributed by atoms with Crippen molar-refractivity contribution in [2.24, 2.45) is 0 Å². The topological polar surface area (TPSA) is 75.7 Å². The molecule has 0 bridgehead atoms. The molecule has 0 aromatic heterocycles. The van der Waals surface area contributed by atoms with Crippen molar-refractivity contribution in [3.8, 4) is 5.75 Å². The van der Waals surface area contributed by atoms with Crippen LogP contribution in [0.4, 0.5) is 14.5 Å². The number of nitrogens with one attached hydrogen (secondary N) is 1. The predicted molar refractivity (Wildman–Crippen MR) is 87.8 cm³/mol. The molecule has 0 fully saturated rings. The van der Waals surface area contributed by atoms with Gasteiger partial charge in [-0.15, -0.1) is 0 Å². The van der Waals surface area contributed by atoms with Gasteiger partial charge in [-0.25, -0.2) is 21.5 Å². The van der Waals surface area contributed by atoms with Crippen molar-refractivity contribution in [3.05, 3.63) is 54.1 Å². The largest absolute Gasteiger partial charge is 0.481 e. The Labute approximate surface area is 144 Å². The first-order chi connectivity index (χ1) is 11.7. The Morgan fingerprint density at radius 2 is 1.76 bits per heavy atom. The monoisotopic (exact) mass is 370 g/mol. The molecule has 0 unspecified atom stereocenters. The summed E-state index contributed by atoms with van der Waals surface area (Å²) in [4.78, 5) is 11.9. The van der Waals surface area contributed by atoms with Crippen molar-refractivity contribution in [1.29, 1.82) is 0 Å². The van der Waals surface area contributed by atoms with E-state index in [-0.39, 0.29) is 10.6 Å². The number of sulfonamides is 1. The van der Waals surface area contributed by atoms with Crippen LogP contribution in [0.5, 0.6) is 5.75 Å². The van der Waals surface area contributed by atoms with Gasteiger partial charge in [0.1, 0.15) is 5.82 Å². The maximum absolute atomic E-state index is 13.4. The van der Waals surface area contributed by atoms with Crippen molar-refractivity contribution in [2.75, 3.05) is 26.0 Å². The molecule has 0 spiro atoms. The number of rotatable bonds is 6. The second kappa shape index (κ2) is 7.58. The molecule has 0 aliphatic rings. The quantitative estimate of drug-likeness (QED) is 0.846. The lowest BCUT2D eigenvalue weighted by Gasteiger charge is -2.12. The number of carbonyl (C=O) groups excluding carboxylic acids is 1. The van der Waals surface area contributed by atoms with Crippen molar-refractivity contribution >= 4 is 21.6 Å². The molecule has 2 aromatic carbocycles. The number of carbonyl (C=O) groups is 1. The minimum absolute atomic E-state index is 0.0835. The second-order valence-corrected chi connectivity index (χ2v) is 7.38. The van der Waals surface area contributed by atoms with E-state index in [1.54, 1.807) is 0 Å². The maximum atomic E-state index is 13.4. The van der Waals surface area contributed by atoms with E-state index in [0.717, 1.165) is 16.4 Å². The number of nitrogens with zero attached hydrogens (tertiary/aromatic N) is 1. The fourth-order valence-corrected chi connectivity index (χ4v) is 2.76.